The molecule has 0 bridgehead atoms. The number of piperazine rings is 1. The highest BCUT2D eigenvalue weighted by atomic mass is 79.9. The van der Waals surface area contributed by atoms with Crippen molar-refractivity contribution >= 4 is 33.4 Å². The molecule has 0 aliphatic carbocycles. The summed E-state index contributed by atoms with van der Waals surface area (Å²) < 4.78 is 19.8. The van der Waals surface area contributed by atoms with Crippen LogP contribution >= 0.6 is 15.9 Å². The van der Waals surface area contributed by atoms with E-state index in [1.165, 1.54) is 9.80 Å². The van der Waals surface area contributed by atoms with Crippen LogP contribution in [0.1, 0.15) is 20.8 Å². The summed E-state index contributed by atoms with van der Waals surface area (Å²) in [5.74, 6) is -0.653. The summed E-state index contributed by atoms with van der Waals surface area (Å²) in [5, 5.41) is 20.8. The van der Waals surface area contributed by atoms with Crippen LogP contribution in [-0.4, -0.2) is 58.9 Å². The Balaban J connectivity index is 2.25. The molecule has 10 heteroatoms. The van der Waals surface area contributed by atoms with Gasteiger partial charge in [-0.15, -0.1) is 0 Å². The molecule has 1 fully saturated rings. The number of amides is 1. The quantitative estimate of drug-likeness (QED) is 0.581. The second kappa shape index (κ2) is 7.75. The lowest BCUT2D eigenvalue weighted by molar-refractivity contribution is -0.384. The topological polar surface area (TPSA) is 96.2 Å². The minimum atomic E-state index is -0.653. The molecule has 1 aliphatic rings. The van der Waals surface area contributed by atoms with Gasteiger partial charge in [-0.2, -0.15) is 0 Å². The van der Waals surface area contributed by atoms with Gasteiger partial charge in [0, 0.05) is 31.8 Å². The maximum absolute atomic E-state index is 14.5. The van der Waals surface area contributed by atoms with Gasteiger partial charge >= 0.3 is 6.09 Å². The van der Waals surface area contributed by atoms with E-state index in [1.54, 1.807) is 20.8 Å². The highest BCUT2D eigenvalue weighted by Gasteiger charge is 2.34. The van der Waals surface area contributed by atoms with E-state index in [0.29, 0.717) is 0 Å². The molecule has 1 amide bonds. The standard InChI is InChI=1S/C16H21BrFN3O5/c1-16(2,3)26-15(23)19-4-5-20(11(8-19)9-22)13-7-10(21(24)25)6-12(17)14(13)18/h6-7,11,22H,4-5,8-9H2,1-3H3/t11-/m1/s1. The molecule has 26 heavy (non-hydrogen) atoms. The third-order valence-corrected chi connectivity index (χ3v) is 4.44. The van der Waals surface area contributed by atoms with Crippen LogP contribution in [0, 0.1) is 15.9 Å². The van der Waals surface area contributed by atoms with Gasteiger partial charge in [0.2, 0.25) is 0 Å². The monoisotopic (exact) mass is 433 g/mol. The molecule has 0 aromatic heterocycles. The van der Waals surface area contributed by atoms with E-state index in [2.05, 4.69) is 15.9 Å². The number of hydrogen-bond donors (Lipinski definition) is 1. The van der Waals surface area contributed by atoms with E-state index in [4.69, 9.17) is 4.74 Å². The second-order valence-electron chi connectivity index (χ2n) is 6.97. The maximum atomic E-state index is 14.5. The molecule has 144 valence electrons. The van der Waals surface area contributed by atoms with Crippen molar-refractivity contribution in [2.24, 2.45) is 0 Å². The lowest BCUT2D eigenvalue weighted by Gasteiger charge is -2.42. The molecular formula is C16H21BrFN3O5. The predicted molar refractivity (Wildman–Crippen MR) is 96.8 cm³/mol. The molecule has 1 atom stereocenters. The lowest BCUT2D eigenvalue weighted by Crippen LogP contribution is -2.57. The number of nitrogens with zero attached hydrogens (tertiary/aromatic N) is 3. The van der Waals surface area contributed by atoms with Gasteiger partial charge in [-0.05, 0) is 36.7 Å². The van der Waals surface area contributed by atoms with E-state index in [1.807, 2.05) is 0 Å². The molecule has 1 aliphatic heterocycles. The van der Waals surface area contributed by atoms with Gasteiger partial charge in [-0.1, -0.05) is 0 Å². The van der Waals surface area contributed by atoms with E-state index >= 15 is 0 Å². The zero-order valence-electron chi connectivity index (χ0n) is 14.7. The minimum absolute atomic E-state index is 0.00830. The van der Waals surface area contributed by atoms with E-state index in [-0.39, 0.29) is 42.1 Å². The first-order valence-corrected chi connectivity index (χ1v) is 8.81. The number of aliphatic hydroxyl groups excluding tert-OH is 1. The molecule has 1 aromatic carbocycles. The molecule has 0 unspecified atom stereocenters. The Morgan fingerprint density at radius 3 is 2.65 bits per heavy atom. The number of halogens is 2. The summed E-state index contributed by atoms with van der Waals surface area (Å²) in [6.07, 6.45) is -0.517. The predicted octanol–water partition coefficient (Wildman–Crippen LogP) is 2.91. The van der Waals surface area contributed by atoms with Gasteiger partial charge in [0.05, 0.1) is 27.7 Å². The summed E-state index contributed by atoms with van der Waals surface area (Å²) in [7, 11) is 0. The number of nitro benzene ring substituents is 1. The van der Waals surface area contributed by atoms with Crippen molar-refractivity contribution in [3.05, 3.63) is 32.5 Å². The van der Waals surface area contributed by atoms with Gasteiger partial charge in [0.15, 0.2) is 5.82 Å². The largest absolute Gasteiger partial charge is 0.444 e. The van der Waals surface area contributed by atoms with Crippen molar-refractivity contribution < 1.29 is 24.0 Å². The Bertz CT molecular complexity index is 710. The van der Waals surface area contributed by atoms with Crippen LogP contribution in [0.3, 0.4) is 0 Å². The van der Waals surface area contributed by atoms with E-state index < -0.39 is 28.5 Å². The van der Waals surface area contributed by atoms with Crippen molar-refractivity contribution in [1.29, 1.82) is 0 Å². The molecule has 0 saturated carbocycles. The lowest BCUT2D eigenvalue weighted by atomic mass is 10.1. The summed E-state index contributed by atoms with van der Waals surface area (Å²) in [6.45, 7) is 5.46. The minimum Gasteiger partial charge on any atom is -0.444 e. The Labute approximate surface area is 158 Å². The third kappa shape index (κ3) is 4.61. The van der Waals surface area contributed by atoms with Gasteiger partial charge in [-0.25, -0.2) is 9.18 Å². The first kappa shape index (κ1) is 20.4. The van der Waals surface area contributed by atoms with Crippen molar-refractivity contribution in [3.63, 3.8) is 0 Å². The van der Waals surface area contributed by atoms with Crippen LogP contribution in [0.2, 0.25) is 0 Å². The molecule has 1 aromatic rings. The summed E-state index contributed by atoms with van der Waals surface area (Å²) in [4.78, 5) is 25.6. The van der Waals surface area contributed by atoms with Crippen LogP contribution in [0.15, 0.2) is 16.6 Å². The number of rotatable bonds is 3. The van der Waals surface area contributed by atoms with Crippen molar-refractivity contribution in [2.75, 3.05) is 31.1 Å². The van der Waals surface area contributed by atoms with E-state index in [0.717, 1.165) is 12.1 Å². The number of carbonyl (C=O) groups is 1. The van der Waals surface area contributed by atoms with Gasteiger partial charge in [0.25, 0.3) is 5.69 Å². The summed E-state index contributed by atoms with van der Waals surface area (Å²) in [6, 6.07) is 1.61. The number of aliphatic hydroxyl groups is 1. The normalized spacial score (nSPS) is 18.0. The summed E-state index contributed by atoms with van der Waals surface area (Å²) >= 11 is 2.99. The number of hydrogen-bond acceptors (Lipinski definition) is 6. The van der Waals surface area contributed by atoms with Crippen LogP contribution in [-0.2, 0) is 4.74 Å². The molecule has 1 N–H and O–H groups in total. The smallest absolute Gasteiger partial charge is 0.410 e. The van der Waals surface area contributed by atoms with Gasteiger partial charge < -0.3 is 19.6 Å². The van der Waals surface area contributed by atoms with Crippen molar-refractivity contribution in [1.82, 2.24) is 4.90 Å². The molecular weight excluding hydrogens is 413 g/mol. The first-order chi connectivity index (χ1) is 12.0. The average molecular weight is 434 g/mol. The first-order valence-electron chi connectivity index (χ1n) is 8.02. The highest BCUT2D eigenvalue weighted by molar-refractivity contribution is 9.10. The fourth-order valence-electron chi connectivity index (χ4n) is 2.70. The van der Waals surface area contributed by atoms with Crippen LogP contribution in [0.4, 0.5) is 20.6 Å². The number of non-ortho nitro benzene ring substituents is 1. The molecule has 2 rings (SSSR count). The molecule has 8 nitrogen and oxygen atoms in total. The number of anilines is 1. The molecule has 0 radical (unpaired) electrons. The highest BCUT2D eigenvalue weighted by Crippen LogP contribution is 2.33. The zero-order valence-corrected chi connectivity index (χ0v) is 16.3. The number of ether oxygens (including phenoxy) is 1. The number of carbonyl (C=O) groups excluding carboxylic acids is 1. The van der Waals surface area contributed by atoms with Gasteiger partial charge in [0.1, 0.15) is 5.60 Å². The Kier molecular flexibility index (Phi) is 6.07. The fraction of sp³-hybridized carbons (Fsp3) is 0.562. The Hall–Kier alpha value is -1.94. The zero-order chi connectivity index (χ0) is 19.6. The Morgan fingerprint density at radius 2 is 2.12 bits per heavy atom. The van der Waals surface area contributed by atoms with Crippen LogP contribution < -0.4 is 4.90 Å². The molecule has 1 heterocycles. The summed E-state index contributed by atoms with van der Waals surface area (Å²) in [5.41, 5.74) is -0.909. The average Bonchev–Trinajstić information content (AvgIpc) is 2.55. The van der Waals surface area contributed by atoms with Crippen molar-refractivity contribution in [3.8, 4) is 0 Å². The SMILES string of the molecule is CC(C)(C)OC(=O)N1CCN(c2cc([N+](=O)[O-])cc(Br)c2F)[C@@H](CO)C1. The molecule has 1 saturated heterocycles. The van der Waals surface area contributed by atoms with Gasteiger partial charge in [-0.3, -0.25) is 10.1 Å². The van der Waals surface area contributed by atoms with Crippen LogP contribution in [0.25, 0.3) is 0 Å². The Morgan fingerprint density at radius 1 is 1.46 bits per heavy atom. The number of benzene rings is 1. The van der Waals surface area contributed by atoms with Crippen LogP contribution in [0.5, 0.6) is 0 Å². The third-order valence-electron chi connectivity index (χ3n) is 3.86. The second-order valence-corrected chi connectivity index (χ2v) is 7.83. The van der Waals surface area contributed by atoms with E-state index in [9.17, 15) is 24.4 Å². The fourth-order valence-corrected chi connectivity index (χ4v) is 3.13. The maximum Gasteiger partial charge on any atom is 0.410 e. The van der Waals surface area contributed by atoms with Crippen molar-refractivity contribution in [2.45, 2.75) is 32.4 Å². The number of nitro groups is 1. The molecule has 0 spiro atoms.